The lowest BCUT2D eigenvalue weighted by atomic mass is 9.32. The molecule has 3 fully saturated rings. The van der Waals surface area contributed by atoms with Crippen molar-refractivity contribution in [1.82, 2.24) is 4.98 Å². The van der Waals surface area contributed by atoms with Gasteiger partial charge in [0.25, 0.3) is 0 Å². The van der Waals surface area contributed by atoms with E-state index in [9.17, 15) is 0 Å². The predicted molar refractivity (Wildman–Crippen MR) is 91.3 cm³/mol. The first-order valence-corrected chi connectivity index (χ1v) is 8.37. The monoisotopic (exact) mass is 291 g/mol. The van der Waals surface area contributed by atoms with Crippen LogP contribution in [0, 0.1) is 6.92 Å². The Balaban J connectivity index is 1.53. The number of hydrogen-bond donors (Lipinski definition) is 0. The van der Waals surface area contributed by atoms with Gasteiger partial charge in [-0.05, 0) is 65.2 Å². The second kappa shape index (κ2) is 4.22. The van der Waals surface area contributed by atoms with Crippen LogP contribution in [0.2, 0.25) is 0 Å². The number of aryl methyl sites for hydroxylation is 1. The zero-order valence-electron chi connectivity index (χ0n) is 14.1. The quantitative estimate of drug-likeness (QED) is 0.753. The molecule has 2 aromatic rings. The topological polar surface area (TPSA) is 12.9 Å². The van der Waals surface area contributed by atoms with Crippen molar-refractivity contribution in [3.05, 3.63) is 65.0 Å². The largest absolute Gasteiger partial charge is 0.261 e. The predicted octanol–water partition coefficient (Wildman–Crippen LogP) is 5.06. The first-order valence-electron chi connectivity index (χ1n) is 8.37. The maximum Gasteiger partial charge on any atom is 0.0372 e. The van der Waals surface area contributed by atoms with E-state index in [1.54, 1.807) is 5.56 Å². The molecule has 1 heteroatoms. The Morgan fingerprint density at radius 2 is 1.36 bits per heavy atom. The fourth-order valence-corrected chi connectivity index (χ4v) is 4.51. The second-order valence-corrected chi connectivity index (χ2v) is 8.61. The molecule has 1 nitrogen and oxygen atoms in total. The van der Waals surface area contributed by atoms with Crippen LogP contribution in [0.4, 0.5) is 0 Å². The van der Waals surface area contributed by atoms with Gasteiger partial charge in [0, 0.05) is 11.9 Å². The third-order valence-corrected chi connectivity index (χ3v) is 5.92. The van der Waals surface area contributed by atoms with Gasteiger partial charge in [0.05, 0.1) is 0 Å². The molecule has 3 aliphatic rings. The fourth-order valence-electron chi connectivity index (χ4n) is 4.51. The minimum atomic E-state index is 0.243. The Morgan fingerprint density at radius 3 is 1.86 bits per heavy atom. The third-order valence-electron chi connectivity index (χ3n) is 5.92. The van der Waals surface area contributed by atoms with E-state index in [1.165, 1.54) is 30.4 Å². The summed E-state index contributed by atoms with van der Waals surface area (Å²) in [5.74, 6) is 0. The van der Waals surface area contributed by atoms with Gasteiger partial charge in [-0.3, -0.25) is 4.98 Å². The van der Waals surface area contributed by atoms with Gasteiger partial charge in [-0.25, -0.2) is 0 Å². The van der Waals surface area contributed by atoms with Crippen LogP contribution in [0.15, 0.2) is 42.6 Å². The van der Waals surface area contributed by atoms with Gasteiger partial charge in [0.15, 0.2) is 0 Å². The van der Waals surface area contributed by atoms with Crippen molar-refractivity contribution in [3.8, 4) is 0 Å². The standard InChI is InChI=1S/C21H25N/c1-15-5-6-18(11-22-15)21-12-20(13-21,14-21)17-9-7-16(8-10-17)19(2,3)4/h5-11H,12-14H2,1-4H3. The maximum atomic E-state index is 4.49. The summed E-state index contributed by atoms with van der Waals surface area (Å²) in [7, 11) is 0. The summed E-state index contributed by atoms with van der Waals surface area (Å²) in [6.45, 7) is 8.90. The van der Waals surface area contributed by atoms with E-state index < -0.39 is 0 Å². The van der Waals surface area contributed by atoms with Gasteiger partial charge in [-0.2, -0.15) is 0 Å². The van der Waals surface area contributed by atoms with Gasteiger partial charge < -0.3 is 0 Å². The molecule has 0 unspecified atom stereocenters. The highest BCUT2D eigenvalue weighted by atomic mass is 14.7. The summed E-state index contributed by atoms with van der Waals surface area (Å²) < 4.78 is 0. The van der Waals surface area contributed by atoms with Crippen LogP contribution in [0.3, 0.4) is 0 Å². The minimum Gasteiger partial charge on any atom is -0.261 e. The highest BCUT2D eigenvalue weighted by Crippen LogP contribution is 2.73. The van der Waals surface area contributed by atoms with E-state index in [2.05, 4.69) is 75.3 Å². The third kappa shape index (κ3) is 1.87. The molecule has 3 saturated carbocycles. The maximum absolute atomic E-state index is 4.49. The molecule has 0 spiro atoms. The zero-order valence-corrected chi connectivity index (χ0v) is 14.1. The highest BCUT2D eigenvalue weighted by Gasteiger charge is 2.68. The Bertz CT molecular complexity index is 681. The van der Waals surface area contributed by atoms with Crippen molar-refractivity contribution in [3.63, 3.8) is 0 Å². The van der Waals surface area contributed by atoms with Gasteiger partial charge in [0.2, 0.25) is 0 Å². The first-order chi connectivity index (χ1) is 10.3. The molecule has 0 atom stereocenters. The normalized spacial score (nSPS) is 29.6. The molecule has 0 N–H and O–H groups in total. The van der Waals surface area contributed by atoms with Crippen LogP contribution in [0.5, 0.6) is 0 Å². The molecule has 0 amide bonds. The molecule has 3 aliphatic carbocycles. The number of rotatable bonds is 2. The summed E-state index contributed by atoms with van der Waals surface area (Å²) >= 11 is 0. The van der Waals surface area contributed by atoms with Crippen LogP contribution in [-0.2, 0) is 16.2 Å². The van der Waals surface area contributed by atoms with Crippen molar-refractivity contribution in [2.24, 2.45) is 0 Å². The smallest absolute Gasteiger partial charge is 0.0372 e. The van der Waals surface area contributed by atoms with Gasteiger partial charge >= 0.3 is 0 Å². The Kier molecular flexibility index (Phi) is 2.68. The average Bonchev–Trinajstić information content (AvgIpc) is 2.37. The summed E-state index contributed by atoms with van der Waals surface area (Å²) in [4.78, 5) is 4.49. The van der Waals surface area contributed by atoms with Crippen molar-refractivity contribution >= 4 is 0 Å². The summed E-state index contributed by atoms with van der Waals surface area (Å²) in [5.41, 5.74) is 6.68. The van der Waals surface area contributed by atoms with Gasteiger partial charge in [-0.15, -0.1) is 0 Å². The van der Waals surface area contributed by atoms with Crippen molar-refractivity contribution in [2.75, 3.05) is 0 Å². The lowest BCUT2D eigenvalue weighted by Gasteiger charge is -2.71. The van der Waals surface area contributed by atoms with Crippen LogP contribution in [-0.4, -0.2) is 4.98 Å². The molecule has 1 aromatic heterocycles. The Hall–Kier alpha value is -1.63. The molecule has 0 saturated heterocycles. The van der Waals surface area contributed by atoms with E-state index in [4.69, 9.17) is 0 Å². The van der Waals surface area contributed by atoms with E-state index in [-0.39, 0.29) is 5.41 Å². The number of hydrogen-bond acceptors (Lipinski definition) is 1. The van der Waals surface area contributed by atoms with E-state index in [0.717, 1.165) is 5.69 Å². The first kappa shape index (κ1) is 14.0. The van der Waals surface area contributed by atoms with Gasteiger partial charge in [0.1, 0.15) is 0 Å². The number of nitrogens with zero attached hydrogens (tertiary/aromatic N) is 1. The molecule has 22 heavy (non-hydrogen) atoms. The molecular weight excluding hydrogens is 266 g/mol. The van der Waals surface area contributed by atoms with E-state index in [0.29, 0.717) is 10.8 Å². The van der Waals surface area contributed by atoms with Crippen LogP contribution in [0.25, 0.3) is 0 Å². The molecule has 114 valence electrons. The number of aromatic nitrogens is 1. The highest BCUT2D eigenvalue weighted by molar-refractivity contribution is 5.48. The molecule has 0 aliphatic heterocycles. The van der Waals surface area contributed by atoms with Crippen LogP contribution < -0.4 is 0 Å². The van der Waals surface area contributed by atoms with Crippen LogP contribution >= 0.6 is 0 Å². The van der Waals surface area contributed by atoms with Crippen LogP contribution in [0.1, 0.15) is 62.4 Å². The van der Waals surface area contributed by atoms with Crippen molar-refractivity contribution in [2.45, 2.75) is 63.2 Å². The second-order valence-electron chi connectivity index (χ2n) is 8.61. The summed E-state index contributed by atoms with van der Waals surface area (Å²) in [6, 6.07) is 13.8. The summed E-state index contributed by atoms with van der Waals surface area (Å²) in [5, 5.41) is 0. The van der Waals surface area contributed by atoms with E-state index in [1.807, 2.05) is 0 Å². The molecular formula is C21H25N. The van der Waals surface area contributed by atoms with E-state index >= 15 is 0 Å². The summed E-state index contributed by atoms with van der Waals surface area (Å²) in [6.07, 6.45) is 6.01. The van der Waals surface area contributed by atoms with Crippen molar-refractivity contribution in [1.29, 1.82) is 0 Å². The lowest BCUT2D eigenvalue weighted by Crippen LogP contribution is -2.67. The molecule has 1 aromatic carbocycles. The number of pyridine rings is 1. The molecule has 1 heterocycles. The zero-order chi connectivity index (χ0) is 15.6. The Labute approximate surface area is 133 Å². The fraction of sp³-hybridized carbons (Fsp3) is 0.476. The minimum absolute atomic E-state index is 0.243. The average molecular weight is 291 g/mol. The molecule has 0 radical (unpaired) electrons. The van der Waals surface area contributed by atoms with Crippen molar-refractivity contribution < 1.29 is 0 Å². The lowest BCUT2D eigenvalue weighted by molar-refractivity contribution is -0.0695. The molecule has 2 bridgehead atoms. The number of benzene rings is 1. The Morgan fingerprint density at radius 1 is 0.818 bits per heavy atom. The molecule has 5 rings (SSSR count). The SMILES string of the molecule is Cc1ccc(C23CC(c4ccc(C(C)(C)C)cc4)(C2)C3)cn1. The van der Waals surface area contributed by atoms with Gasteiger partial charge in [-0.1, -0.05) is 51.1 Å².